The van der Waals surface area contributed by atoms with Crippen molar-refractivity contribution in [1.82, 2.24) is 0 Å². The summed E-state index contributed by atoms with van der Waals surface area (Å²) in [6.07, 6.45) is 1.01. The molecule has 0 aromatic heterocycles. The minimum Gasteiger partial charge on any atom is -0.493 e. The summed E-state index contributed by atoms with van der Waals surface area (Å²) in [5.74, 6) is 1.53. The fourth-order valence-corrected chi connectivity index (χ4v) is 1.87. The molecule has 0 saturated carbocycles. The molecule has 2 unspecified atom stereocenters. The van der Waals surface area contributed by atoms with E-state index in [2.05, 4.69) is 12.1 Å². The molecule has 70 valence electrons. The van der Waals surface area contributed by atoms with Gasteiger partial charge in [-0.25, -0.2) is 0 Å². The van der Waals surface area contributed by atoms with Crippen LogP contribution in [0.3, 0.4) is 0 Å². The minimum absolute atomic E-state index is 0.250. The van der Waals surface area contributed by atoms with Crippen LogP contribution in [0.2, 0.25) is 0 Å². The quantitative estimate of drug-likeness (QED) is 0.748. The second-order valence-electron chi connectivity index (χ2n) is 3.76. The summed E-state index contributed by atoms with van der Waals surface area (Å²) in [5.41, 5.74) is 7.09. The molecule has 0 fully saturated rings. The van der Waals surface area contributed by atoms with Crippen LogP contribution in [0.25, 0.3) is 0 Å². The number of hydrogen-bond donors (Lipinski definition) is 1. The second-order valence-corrected chi connectivity index (χ2v) is 3.76. The summed E-state index contributed by atoms with van der Waals surface area (Å²) in [4.78, 5) is 0. The molecule has 2 N–H and O–H groups in total. The number of benzene rings is 1. The van der Waals surface area contributed by atoms with E-state index < -0.39 is 0 Å². The maximum atomic E-state index is 5.77. The van der Waals surface area contributed by atoms with Crippen molar-refractivity contribution in [2.45, 2.75) is 25.3 Å². The first-order valence-corrected chi connectivity index (χ1v) is 4.74. The number of hydrogen-bond acceptors (Lipinski definition) is 2. The third-order valence-corrected chi connectivity index (χ3v) is 2.46. The lowest BCUT2D eigenvalue weighted by Gasteiger charge is -2.10. The Balaban J connectivity index is 2.18. The molecule has 0 bridgehead atoms. The van der Waals surface area contributed by atoms with Gasteiger partial charge in [0.15, 0.2) is 0 Å². The van der Waals surface area contributed by atoms with Gasteiger partial charge in [0, 0.05) is 17.5 Å². The van der Waals surface area contributed by atoms with Crippen LogP contribution in [0.5, 0.6) is 5.75 Å². The van der Waals surface area contributed by atoms with E-state index in [1.54, 1.807) is 0 Å². The molecule has 2 rings (SSSR count). The van der Waals surface area contributed by atoms with Crippen molar-refractivity contribution in [3.8, 4) is 5.75 Å². The summed E-state index contributed by atoms with van der Waals surface area (Å²) < 4.78 is 5.56. The van der Waals surface area contributed by atoms with E-state index in [1.165, 1.54) is 5.56 Å². The van der Waals surface area contributed by atoms with Crippen LogP contribution in [0, 0.1) is 0 Å². The van der Waals surface area contributed by atoms with E-state index in [0.717, 1.165) is 18.8 Å². The first kappa shape index (κ1) is 8.57. The van der Waals surface area contributed by atoms with Gasteiger partial charge in [0.05, 0.1) is 6.61 Å². The normalized spacial score (nSPS) is 22.2. The fourth-order valence-electron chi connectivity index (χ4n) is 1.87. The molecular weight excluding hydrogens is 162 g/mol. The van der Waals surface area contributed by atoms with E-state index in [0.29, 0.717) is 5.92 Å². The highest BCUT2D eigenvalue weighted by molar-refractivity contribution is 5.39. The summed E-state index contributed by atoms with van der Waals surface area (Å²) in [5, 5.41) is 0. The van der Waals surface area contributed by atoms with Gasteiger partial charge in [-0.3, -0.25) is 0 Å². The number of nitrogens with two attached hydrogens (primary N) is 1. The third kappa shape index (κ3) is 1.68. The Morgan fingerprint density at radius 2 is 2.31 bits per heavy atom. The van der Waals surface area contributed by atoms with Gasteiger partial charge < -0.3 is 10.5 Å². The van der Waals surface area contributed by atoms with Crippen LogP contribution in [-0.2, 0) is 0 Å². The maximum Gasteiger partial charge on any atom is 0.122 e. The minimum atomic E-state index is 0.250. The molecule has 1 aromatic rings. The fraction of sp³-hybridized carbons (Fsp3) is 0.455. The van der Waals surface area contributed by atoms with Crippen LogP contribution in [0.15, 0.2) is 24.3 Å². The van der Waals surface area contributed by atoms with Gasteiger partial charge >= 0.3 is 0 Å². The van der Waals surface area contributed by atoms with E-state index in [9.17, 15) is 0 Å². The average Bonchev–Trinajstić information content (AvgIpc) is 2.48. The summed E-state index contributed by atoms with van der Waals surface area (Å²) in [6, 6.07) is 8.47. The van der Waals surface area contributed by atoms with E-state index >= 15 is 0 Å². The first-order chi connectivity index (χ1) is 6.27. The van der Waals surface area contributed by atoms with Crippen molar-refractivity contribution in [2.24, 2.45) is 5.73 Å². The molecule has 1 aromatic carbocycles. The SMILES string of the molecule is CC(N)CC1COc2ccccc21. The molecule has 13 heavy (non-hydrogen) atoms. The molecule has 2 atom stereocenters. The van der Waals surface area contributed by atoms with Crippen molar-refractivity contribution in [1.29, 1.82) is 0 Å². The summed E-state index contributed by atoms with van der Waals surface area (Å²) >= 11 is 0. The molecule has 0 saturated heterocycles. The molecule has 0 spiro atoms. The third-order valence-electron chi connectivity index (χ3n) is 2.46. The molecule has 2 nitrogen and oxygen atoms in total. The van der Waals surface area contributed by atoms with Gasteiger partial charge in [0.2, 0.25) is 0 Å². The zero-order valence-electron chi connectivity index (χ0n) is 7.86. The lowest BCUT2D eigenvalue weighted by atomic mass is 9.95. The van der Waals surface area contributed by atoms with Gasteiger partial charge in [0.25, 0.3) is 0 Å². The van der Waals surface area contributed by atoms with E-state index in [1.807, 2.05) is 19.1 Å². The van der Waals surface area contributed by atoms with Gasteiger partial charge in [0.1, 0.15) is 5.75 Å². The Morgan fingerprint density at radius 3 is 3.08 bits per heavy atom. The van der Waals surface area contributed by atoms with Crippen molar-refractivity contribution >= 4 is 0 Å². The largest absolute Gasteiger partial charge is 0.493 e. The van der Waals surface area contributed by atoms with Crippen LogP contribution in [0.1, 0.15) is 24.8 Å². The van der Waals surface area contributed by atoms with E-state index in [-0.39, 0.29) is 6.04 Å². The number of para-hydroxylation sites is 1. The zero-order valence-corrected chi connectivity index (χ0v) is 7.86. The van der Waals surface area contributed by atoms with Crippen molar-refractivity contribution in [2.75, 3.05) is 6.61 Å². The highest BCUT2D eigenvalue weighted by Gasteiger charge is 2.23. The van der Waals surface area contributed by atoms with Crippen molar-refractivity contribution in [3.63, 3.8) is 0 Å². The molecule has 1 heterocycles. The van der Waals surface area contributed by atoms with Gasteiger partial charge in [-0.05, 0) is 19.4 Å². The predicted molar refractivity (Wildman–Crippen MR) is 52.9 cm³/mol. The van der Waals surface area contributed by atoms with Gasteiger partial charge in [-0.2, -0.15) is 0 Å². The molecule has 0 aliphatic carbocycles. The molecule has 0 amide bonds. The molecule has 1 aliphatic heterocycles. The Labute approximate surface area is 78.7 Å². The average molecular weight is 177 g/mol. The summed E-state index contributed by atoms with van der Waals surface area (Å²) in [6.45, 7) is 2.84. The van der Waals surface area contributed by atoms with Crippen molar-refractivity contribution < 1.29 is 4.74 Å². The molecule has 2 heteroatoms. The standard InChI is InChI=1S/C11H15NO/c1-8(12)6-9-7-13-11-5-3-2-4-10(9)11/h2-5,8-9H,6-7,12H2,1H3. The number of fused-ring (bicyclic) bond motifs is 1. The predicted octanol–water partition coefficient (Wildman–Crippen LogP) is 1.90. The van der Waals surface area contributed by atoms with Gasteiger partial charge in [-0.1, -0.05) is 18.2 Å². The lowest BCUT2D eigenvalue weighted by molar-refractivity contribution is 0.320. The van der Waals surface area contributed by atoms with Crippen LogP contribution >= 0.6 is 0 Å². The molecular formula is C11H15NO. The monoisotopic (exact) mass is 177 g/mol. The van der Waals surface area contributed by atoms with Crippen LogP contribution in [-0.4, -0.2) is 12.6 Å². The highest BCUT2D eigenvalue weighted by atomic mass is 16.5. The lowest BCUT2D eigenvalue weighted by Crippen LogP contribution is -2.19. The Bertz CT molecular complexity index is 296. The van der Waals surface area contributed by atoms with Crippen LogP contribution in [0.4, 0.5) is 0 Å². The molecule has 1 aliphatic rings. The zero-order chi connectivity index (χ0) is 9.26. The Morgan fingerprint density at radius 1 is 1.54 bits per heavy atom. The smallest absolute Gasteiger partial charge is 0.122 e. The second kappa shape index (κ2) is 3.38. The van der Waals surface area contributed by atoms with E-state index in [4.69, 9.17) is 10.5 Å². The Hall–Kier alpha value is -1.02. The topological polar surface area (TPSA) is 35.2 Å². The van der Waals surface area contributed by atoms with Gasteiger partial charge in [-0.15, -0.1) is 0 Å². The molecule has 0 radical (unpaired) electrons. The maximum absolute atomic E-state index is 5.77. The highest BCUT2D eigenvalue weighted by Crippen LogP contribution is 2.35. The number of rotatable bonds is 2. The Kier molecular flexibility index (Phi) is 2.23. The first-order valence-electron chi connectivity index (χ1n) is 4.74. The van der Waals surface area contributed by atoms with Crippen molar-refractivity contribution in [3.05, 3.63) is 29.8 Å². The van der Waals surface area contributed by atoms with Crippen LogP contribution < -0.4 is 10.5 Å². The number of ether oxygens (including phenoxy) is 1. The summed E-state index contributed by atoms with van der Waals surface area (Å²) in [7, 11) is 0.